The largest absolute Gasteiger partial charge is 0.505 e. The molecule has 12 heteroatoms. The second kappa shape index (κ2) is 9.27. The minimum Gasteiger partial charge on any atom is -0.505 e. The first kappa shape index (κ1) is 25.2. The lowest BCUT2D eigenvalue weighted by molar-refractivity contribution is -0.384. The number of aliphatic hydroxyl groups is 1. The first-order chi connectivity index (χ1) is 19.2. The van der Waals surface area contributed by atoms with Gasteiger partial charge in [-0.25, -0.2) is 9.97 Å². The second-order valence-corrected chi connectivity index (χ2v) is 10.3. The number of pyridine rings is 1. The molecule has 0 radical (unpaired) electrons. The molecule has 0 spiro atoms. The molecule has 0 saturated carbocycles. The van der Waals surface area contributed by atoms with Gasteiger partial charge in [-0.05, 0) is 61.4 Å². The Bertz CT molecular complexity index is 1910. The van der Waals surface area contributed by atoms with E-state index in [9.17, 15) is 24.8 Å². The number of ketones is 1. The monoisotopic (exact) mass is 555 g/mol. The normalized spacial score (nSPS) is 16.8. The fourth-order valence-electron chi connectivity index (χ4n) is 4.92. The lowest BCUT2D eigenvalue weighted by Gasteiger charge is -2.22. The summed E-state index contributed by atoms with van der Waals surface area (Å²) in [4.78, 5) is 48.3. The van der Waals surface area contributed by atoms with Crippen molar-refractivity contribution in [1.29, 1.82) is 0 Å². The summed E-state index contributed by atoms with van der Waals surface area (Å²) in [6.07, 6.45) is 1.79. The summed E-state index contributed by atoms with van der Waals surface area (Å²) in [7, 11) is 1.54. The van der Waals surface area contributed by atoms with E-state index >= 15 is 0 Å². The summed E-state index contributed by atoms with van der Waals surface area (Å²) < 4.78 is 7.82. The zero-order valence-electron chi connectivity index (χ0n) is 21.5. The molecule has 1 atom stereocenters. The minimum absolute atomic E-state index is 0.153. The van der Waals surface area contributed by atoms with Crippen molar-refractivity contribution in [2.45, 2.75) is 19.9 Å². The molecule has 11 nitrogen and oxygen atoms in total. The predicted molar refractivity (Wildman–Crippen MR) is 149 cm³/mol. The van der Waals surface area contributed by atoms with E-state index in [1.165, 1.54) is 40.5 Å². The summed E-state index contributed by atoms with van der Waals surface area (Å²) in [6.45, 7) is 3.63. The van der Waals surface area contributed by atoms with Gasteiger partial charge in [0.25, 0.3) is 11.5 Å². The van der Waals surface area contributed by atoms with E-state index in [-0.39, 0.29) is 22.1 Å². The van der Waals surface area contributed by atoms with Crippen LogP contribution in [0.2, 0.25) is 0 Å². The quantitative estimate of drug-likeness (QED) is 0.104. The van der Waals surface area contributed by atoms with Crippen LogP contribution in [-0.4, -0.2) is 43.2 Å². The number of amides is 1. The molecule has 2 aromatic carbocycles. The van der Waals surface area contributed by atoms with E-state index in [1.807, 2.05) is 19.1 Å². The van der Waals surface area contributed by atoms with Gasteiger partial charge in [-0.2, -0.15) is 0 Å². The van der Waals surface area contributed by atoms with Crippen molar-refractivity contribution in [2.24, 2.45) is 0 Å². The third-order valence-electron chi connectivity index (χ3n) is 6.96. The molecule has 0 aliphatic carbocycles. The Balaban J connectivity index is 1.58. The van der Waals surface area contributed by atoms with E-state index in [0.717, 1.165) is 10.3 Å². The molecule has 0 bridgehead atoms. The number of benzene rings is 2. The summed E-state index contributed by atoms with van der Waals surface area (Å²) in [5.41, 5.74) is 2.85. The molecule has 1 fully saturated rings. The van der Waals surface area contributed by atoms with Crippen molar-refractivity contribution in [3.63, 3.8) is 0 Å². The van der Waals surface area contributed by atoms with Gasteiger partial charge in [0.1, 0.15) is 17.1 Å². The highest BCUT2D eigenvalue weighted by molar-refractivity contribution is 7.22. The SMILES string of the molecule is COc1ccc2nc(N3C(=O)C(=O)/C(=C(/O)c4nc5c(C)cccn5c4C)C3c3ccc([N+](=O)[O-])cc3)sc2c1. The average Bonchev–Trinajstić information content (AvgIpc) is 3.60. The van der Waals surface area contributed by atoms with E-state index in [2.05, 4.69) is 9.97 Å². The number of aromatic nitrogens is 3. The van der Waals surface area contributed by atoms with E-state index in [0.29, 0.717) is 28.2 Å². The van der Waals surface area contributed by atoms with Crippen LogP contribution in [0.25, 0.3) is 21.6 Å². The highest BCUT2D eigenvalue weighted by atomic mass is 32.1. The van der Waals surface area contributed by atoms with Gasteiger partial charge in [0.2, 0.25) is 0 Å². The Hall–Kier alpha value is -5.10. The van der Waals surface area contributed by atoms with E-state index in [4.69, 9.17) is 4.74 Å². The molecule has 1 amide bonds. The average molecular weight is 556 g/mol. The van der Waals surface area contributed by atoms with Gasteiger partial charge >= 0.3 is 5.91 Å². The number of fused-ring (bicyclic) bond motifs is 2. The van der Waals surface area contributed by atoms with Crippen LogP contribution in [0.15, 0.2) is 66.4 Å². The molecule has 40 heavy (non-hydrogen) atoms. The number of rotatable bonds is 5. The molecule has 6 rings (SSSR count). The predicted octanol–water partition coefficient (Wildman–Crippen LogP) is 5.10. The number of aryl methyl sites for hydroxylation is 2. The number of hydrogen-bond acceptors (Lipinski definition) is 9. The summed E-state index contributed by atoms with van der Waals surface area (Å²) >= 11 is 1.18. The molecular formula is C28H21N5O6S. The van der Waals surface area contributed by atoms with Gasteiger partial charge in [0.15, 0.2) is 10.9 Å². The number of nitro benzene ring substituents is 1. The number of carbonyl (C=O) groups excluding carboxylic acids is 2. The number of anilines is 1. The van der Waals surface area contributed by atoms with Crippen LogP contribution in [-0.2, 0) is 9.59 Å². The van der Waals surface area contributed by atoms with E-state index in [1.54, 1.807) is 42.8 Å². The van der Waals surface area contributed by atoms with Crippen LogP contribution in [0.4, 0.5) is 10.8 Å². The van der Waals surface area contributed by atoms with Crippen molar-refractivity contribution < 1.29 is 24.4 Å². The number of carbonyl (C=O) groups is 2. The molecule has 200 valence electrons. The van der Waals surface area contributed by atoms with Crippen molar-refractivity contribution in [1.82, 2.24) is 14.4 Å². The van der Waals surface area contributed by atoms with Crippen LogP contribution >= 0.6 is 11.3 Å². The van der Waals surface area contributed by atoms with Crippen molar-refractivity contribution in [3.8, 4) is 5.75 Å². The minimum atomic E-state index is -1.10. The van der Waals surface area contributed by atoms with E-state index < -0.39 is 28.4 Å². The summed E-state index contributed by atoms with van der Waals surface area (Å²) in [5, 5.41) is 23.1. The number of methoxy groups -OCH3 is 1. The van der Waals surface area contributed by atoms with Gasteiger partial charge < -0.3 is 14.2 Å². The molecule has 1 unspecified atom stereocenters. The number of hydrogen-bond donors (Lipinski definition) is 1. The zero-order valence-corrected chi connectivity index (χ0v) is 22.3. The molecule has 1 aliphatic heterocycles. The van der Waals surface area contributed by atoms with Gasteiger partial charge in [-0.15, -0.1) is 0 Å². The lowest BCUT2D eigenvalue weighted by Crippen LogP contribution is -2.29. The fourth-order valence-corrected chi connectivity index (χ4v) is 5.94. The van der Waals surface area contributed by atoms with Gasteiger partial charge in [-0.3, -0.25) is 24.6 Å². The topological polar surface area (TPSA) is 140 Å². The van der Waals surface area contributed by atoms with Gasteiger partial charge in [0, 0.05) is 18.3 Å². The number of aliphatic hydroxyl groups excluding tert-OH is 1. The highest BCUT2D eigenvalue weighted by Crippen LogP contribution is 2.45. The standard InChI is InChI=1S/C28H21N5O6S/c1-14-5-4-12-31-15(2)22(30-26(14)31)24(34)21-23(16-6-8-17(9-7-16)33(37)38)32(27(36)25(21)35)28-29-19-11-10-18(39-3)13-20(19)40-28/h4-13,23,34H,1-3H3/b24-21+. The number of non-ortho nitro benzene ring substituents is 1. The molecule has 5 aromatic rings. The Labute approximate surface area is 230 Å². The van der Waals surface area contributed by atoms with Crippen LogP contribution in [0, 0.1) is 24.0 Å². The number of thiazole rings is 1. The third kappa shape index (κ3) is 3.80. The van der Waals surface area contributed by atoms with Crippen LogP contribution < -0.4 is 9.64 Å². The number of nitrogens with zero attached hydrogens (tertiary/aromatic N) is 5. The van der Waals surface area contributed by atoms with Crippen molar-refractivity contribution in [2.75, 3.05) is 12.0 Å². The molecule has 3 aromatic heterocycles. The Morgan fingerprint density at radius 3 is 2.52 bits per heavy atom. The molecule has 1 aliphatic rings. The van der Waals surface area contributed by atoms with Crippen LogP contribution in [0.1, 0.15) is 28.6 Å². The Morgan fingerprint density at radius 1 is 1.10 bits per heavy atom. The maximum atomic E-state index is 13.6. The smallest absolute Gasteiger partial charge is 0.301 e. The van der Waals surface area contributed by atoms with Crippen molar-refractivity contribution >= 4 is 55.5 Å². The highest BCUT2D eigenvalue weighted by Gasteiger charge is 2.48. The molecule has 4 heterocycles. The number of ether oxygens (including phenoxy) is 1. The molecule has 1 saturated heterocycles. The Kier molecular flexibility index (Phi) is 5.84. The lowest BCUT2D eigenvalue weighted by atomic mass is 9.96. The maximum Gasteiger partial charge on any atom is 0.301 e. The molecular weight excluding hydrogens is 534 g/mol. The maximum absolute atomic E-state index is 13.6. The number of Topliss-reactive ketones (excluding diaryl/α,β-unsaturated/α-hetero) is 1. The number of imidazole rings is 1. The fraction of sp³-hybridized carbons (Fsp3) is 0.143. The molecule has 1 N–H and O–H groups in total. The van der Waals surface area contributed by atoms with Gasteiger partial charge in [0.05, 0.1) is 39.6 Å². The van der Waals surface area contributed by atoms with Crippen molar-refractivity contribution in [3.05, 3.63) is 99.0 Å². The van der Waals surface area contributed by atoms with Crippen LogP contribution in [0.3, 0.4) is 0 Å². The first-order valence-electron chi connectivity index (χ1n) is 12.1. The third-order valence-corrected chi connectivity index (χ3v) is 7.98. The van der Waals surface area contributed by atoms with Crippen LogP contribution in [0.5, 0.6) is 5.75 Å². The summed E-state index contributed by atoms with van der Waals surface area (Å²) in [6, 6.07) is 13.4. The Morgan fingerprint density at radius 2 is 1.85 bits per heavy atom. The second-order valence-electron chi connectivity index (χ2n) is 9.28. The first-order valence-corrected chi connectivity index (χ1v) is 13.0. The van der Waals surface area contributed by atoms with Gasteiger partial charge in [-0.1, -0.05) is 17.4 Å². The number of nitro groups is 1. The summed E-state index contributed by atoms with van der Waals surface area (Å²) in [5.74, 6) is -1.62. The zero-order chi connectivity index (χ0) is 28.3.